The molecule has 4 nitrogen and oxygen atoms in total. The van der Waals surface area contributed by atoms with Crippen LogP contribution in [0.25, 0.3) is 0 Å². The van der Waals surface area contributed by atoms with Gasteiger partial charge in [-0.25, -0.2) is 0 Å². The zero-order valence-corrected chi connectivity index (χ0v) is 14.3. The molecule has 0 aromatic heterocycles. The Morgan fingerprint density at radius 2 is 1.86 bits per heavy atom. The second-order valence-corrected chi connectivity index (χ2v) is 6.64. The third kappa shape index (κ3) is 6.06. The molecule has 124 valence electrons. The maximum Gasteiger partial charge on any atom is 0.227 e. The highest BCUT2D eigenvalue weighted by Gasteiger charge is 2.23. The van der Waals surface area contributed by atoms with Gasteiger partial charge in [-0.3, -0.25) is 4.79 Å². The van der Waals surface area contributed by atoms with Gasteiger partial charge in [-0.05, 0) is 50.3 Å². The molecular weight excluding hydrogens is 278 g/mol. The number of rotatable bonds is 8. The van der Waals surface area contributed by atoms with Crippen LogP contribution in [0.4, 0.5) is 0 Å². The van der Waals surface area contributed by atoms with Crippen molar-refractivity contribution in [1.82, 2.24) is 5.32 Å². The summed E-state index contributed by atoms with van der Waals surface area (Å²) >= 11 is 0. The molecule has 0 saturated carbocycles. The number of nitrogens with one attached hydrogen (secondary N) is 1. The van der Waals surface area contributed by atoms with Crippen LogP contribution in [0.3, 0.4) is 0 Å². The molecule has 0 aliphatic rings. The molecule has 2 unspecified atom stereocenters. The Morgan fingerprint density at radius 1 is 1.27 bits per heavy atom. The Labute approximate surface area is 133 Å². The third-order valence-electron chi connectivity index (χ3n) is 3.91. The number of amides is 1. The predicted molar refractivity (Wildman–Crippen MR) is 89.1 cm³/mol. The van der Waals surface area contributed by atoms with Gasteiger partial charge in [0.05, 0.1) is 18.6 Å². The molecule has 2 atom stereocenters. The average molecular weight is 307 g/mol. The van der Waals surface area contributed by atoms with Crippen molar-refractivity contribution >= 4 is 5.91 Å². The Kier molecular flexibility index (Phi) is 6.88. The van der Waals surface area contributed by atoms with E-state index in [9.17, 15) is 9.90 Å². The van der Waals surface area contributed by atoms with Gasteiger partial charge in [-0.1, -0.05) is 26.0 Å². The van der Waals surface area contributed by atoms with E-state index < -0.39 is 5.60 Å². The highest BCUT2D eigenvalue weighted by Crippen LogP contribution is 2.20. The lowest BCUT2D eigenvalue weighted by Gasteiger charge is -2.25. The average Bonchev–Trinajstić information content (AvgIpc) is 2.50. The Balaban J connectivity index is 2.52. The summed E-state index contributed by atoms with van der Waals surface area (Å²) in [5.41, 5.74) is 0.0691. The molecule has 1 rings (SSSR count). The topological polar surface area (TPSA) is 58.6 Å². The Hall–Kier alpha value is -1.55. The van der Waals surface area contributed by atoms with Gasteiger partial charge >= 0.3 is 0 Å². The summed E-state index contributed by atoms with van der Waals surface area (Å²) in [6.45, 7) is 8.16. The van der Waals surface area contributed by atoms with E-state index in [1.807, 2.05) is 31.2 Å². The van der Waals surface area contributed by atoms with E-state index in [4.69, 9.17) is 4.74 Å². The minimum Gasteiger partial charge on any atom is -0.497 e. The summed E-state index contributed by atoms with van der Waals surface area (Å²) in [4.78, 5) is 12.2. The maximum absolute atomic E-state index is 12.2. The molecule has 1 aromatic carbocycles. The normalized spacial score (nSPS) is 15.2. The number of carbonyl (C=O) groups is 1. The summed E-state index contributed by atoms with van der Waals surface area (Å²) in [6.07, 6.45) is 1.62. The minimum atomic E-state index is -0.862. The van der Waals surface area contributed by atoms with Crippen molar-refractivity contribution in [2.45, 2.75) is 52.1 Å². The molecule has 0 saturated heterocycles. The van der Waals surface area contributed by atoms with Crippen molar-refractivity contribution in [2.75, 3.05) is 13.7 Å². The van der Waals surface area contributed by atoms with Crippen LogP contribution < -0.4 is 10.1 Å². The zero-order chi connectivity index (χ0) is 16.8. The standard InChI is InChI=1S/C18H29NO3/c1-13(2)10-11-18(4,21)12-19-17(20)14(3)15-6-8-16(22-5)9-7-15/h6-9,13-14,21H,10-12H2,1-5H3,(H,19,20). The number of ether oxygens (including phenoxy) is 1. The smallest absolute Gasteiger partial charge is 0.227 e. The van der Waals surface area contributed by atoms with E-state index in [0.29, 0.717) is 12.3 Å². The Bertz CT molecular complexity index is 466. The lowest BCUT2D eigenvalue weighted by atomic mass is 9.94. The van der Waals surface area contributed by atoms with Gasteiger partial charge in [-0.15, -0.1) is 0 Å². The van der Waals surface area contributed by atoms with Crippen molar-refractivity contribution in [3.8, 4) is 5.75 Å². The largest absolute Gasteiger partial charge is 0.497 e. The molecule has 22 heavy (non-hydrogen) atoms. The first-order chi connectivity index (χ1) is 10.2. The van der Waals surface area contributed by atoms with Crippen LogP contribution in [0.5, 0.6) is 5.75 Å². The lowest BCUT2D eigenvalue weighted by Crippen LogP contribution is -2.42. The van der Waals surface area contributed by atoms with Gasteiger partial charge in [-0.2, -0.15) is 0 Å². The van der Waals surface area contributed by atoms with E-state index in [0.717, 1.165) is 17.7 Å². The number of carbonyl (C=O) groups excluding carboxylic acids is 1. The monoisotopic (exact) mass is 307 g/mol. The molecule has 1 aromatic rings. The van der Waals surface area contributed by atoms with Gasteiger partial charge in [0.15, 0.2) is 0 Å². The van der Waals surface area contributed by atoms with Crippen molar-refractivity contribution in [3.05, 3.63) is 29.8 Å². The van der Waals surface area contributed by atoms with E-state index in [1.165, 1.54) is 0 Å². The summed E-state index contributed by atoms with van der Waals surface area (Å²) < 4.78 is 5.11. The summed E-state index contributed by atoms with van der Waals surface area (Å²) in [6, 6.07) is 7.47. The molecule has 1 amide bonds. The summed E-state index contributed by atoms with van der Waals surface area (Å²) in [5.74, 6) is 0.982. The summed E-state index contributed by atoms with van der Waals surface area (Å²) in [7, 11) is 1.62. The molecule has 0 bridgehead atoms. The molecule has 0 aliphatic heterocycles. The van der Waals surface area contributed by atoms with Gasteiger partial charge in [0, 0.05) is 6.54 Å². The fourth-order valence-electron chi connectivity index (χ4n) is 2.16. The highest BCUT2D eigenvalue weighted by atomic mass is 16.5. The summed E-state index contributed by atoms with van der Waals surface area (Å²) in [5, 5.41) is 13.2. The van der Waals surface area contributed by atoms with Crippen LogP contribution in [-0.4, -0.2) is 30.3 Å². The van der Waals surface area contributed by atoms with Crippen molar-refractivity contribution in [2.24, 2.45) is 5.92 Å². The minimum absolute atomic E-state index is 0.0741. The van der Waals surface area contributed by atoms with Crippen molar-refractivity contribution < 1.29 is 14.6 Å². The van der Waals surface area contributed by atoms with Gasteiger partial charge in [0.25, 0.3) is 0 Å². The molecule has 0 radical (unpaired) electrons. The van der Waals surface area contributed by atoms with Gasteiger partial charge < -0.3 is 15.2 Å². The van der Waals surface area contributed by atoms with Crippen LogP contribution in [0, 0.1) is 5.92 Å². The first kappa shape index (κ1) is 18.5. The zero-order valence-electron chi connectivity index (χ0n) is 14.3. The molecule has 4 heteroatoms. The molecule has 0 heterocycles. The predicted octanol–water partition coefficient (Wildman–Crippen LogP) is 3.10. The van der Waals surface area contributed by atoms with Crippen LogP contribution >= 0.6 is 0 Å². The van der Waals surface area contributed by atoms with Crippen molar-refractivity contribution in [3.63, 3.8) is 0 Å². The maximum atomic E-state index is 12.2. The quantitative estimate of drug-likeness (QED) is 0.776. The van der Waals surface area contributed by atoms with Crippen LogP contribution in [0.1, 0.15) is 52.0 Å². The number of benzene rings is 1. The first-order valence-corrected chi connectivity index (χ1v) is 7.89. The van der Waals surface area contributed by atoms with Crippen LogP contribution in [0.2, 0.25) is 0 Å². The van der Waals surface area contributed by atoms with E-state index in [1.54, 1.807) is 14.0 Å². The fraction of sp³-hybridized carbons (Fsp3) is 0.611. The molecule has 0 aliphatic carbocycles. The number of hydrogen-bond donors (Lipinski definition) is 2. The molecular formula is C18H29NO3. The van der Waals surface area contributed by atoms with E-state index >= 15 is 0 Å². The van der Waals surface area contributed by atoms with Crippen LogP contribution in [0.15, 0.2) is 24.3 Å². The van der Waals surface area contributed by atoms with Crippen molar-refractivity contribution in [1.29, 1.82) is 0 Å². The number of hydrogen-bond acceptors (Lipinski definition) is 3. The molecule has 2 N–H and O–H groups in total. The number of aliphatic hydroxyl groups is 1. The highest BCUT2D eigenvalue weighted by molar-refractivity contribution is 5.83. The first-order valence-electron chi connectivity index (χ1n) is 7.89. The SMILES string of the molecule is COc1ccc(C(C)C(=O)NCC(C)(O)CCC(C)C)cc1. The van der Waals surface area contributed by atoms with E-state index in [-0.39, 0.29) is 18.4 Å². The Morgan fingerprint density at radius 3 is 2.36 bits per heavy atom. The van der Waals surface area contributed by atoms with Gasteiger partial charge in [0.2, 0.25) is 5.91 Å². The second-order valence-electron chi connectivity index (χ2n) is 6.64. The van der Waals surface area contributed by atoms with Crippen LogP contribution in [-0.2, 0) is 4.79 Å². The lowest BCUT2D eigenvalue weighted by molar-refractivity contribution is -0.123. The second kappa shape index (κ2) is 8.18. The third-order valence-corrected chi connectivity index (χ3v) is 3.91. The fourth-order valence-corrected chi connectivity index (χ4v) is 2.16. The number of methoxy groups -OCH3 is 1. The van der Waals surface area contributed by atoms with E-state index in [2.05, 4.69) is 19.2 Å². The molecule has 0 spiro atoms. The molecule has 0 fully saturated rings. The van der Waals surface area contributed by atoms with Gasteiger partial charge in [0.1, 0.15) is 5.75 Å².